The number of aryl methyl sites for hydroxylation is 1. The number of aromatic amines is 1. The largest absolute Gasteiger partial charge is 0.270 e. The van der Waals surface area contributed by atoms with Gasteiger partial charge in [-0.2, -0.15) is 4.39 Å². The molecule has 1 aromatic rings. The van der Waals surface area contributed by atoms with Crippen molar-refractivity contribution >= 4 is 0 Å². The van der Waals surface area contributed by atoms with Gasteiger partial charge in [0, 0.05) is 7.05 Å². The van der Waals surface area contributed by atoms with Gasteiger partial charge in [-0.1, -0.05) is 19.3 Å². The topological polar surface area (TPSA) is 37.8 Å². The Bertz CT molecular complexity index is 374. The number of nitrogens with one attached hydrogen (secondary N) is 1. The second kappa shape index (κ2) is 3.59. The van der Waals surface area contributed by atoms with Gasteiger partial charge in [-0.05, 0) is 18.8 Å². The van der Waals surface area contributed by atoms with Crippen molar-refractivity contribution in [2.24, 2.45) is 7.05 Å². The number of halogens is 1. The van der Waals surface area contributed by atoms with Crippen LogP contribution in [0.1, 0.15) is 43.6 Å². The average Bonchev–Trinajstić information content (AvgIpc) is 2.43. The summed E-state index contributed by atoms with van der Waals surface area (Å²) in [5.41, 5.74) is 0.115. The van der Waals surface area contributed by atoms with Crippen LogP contribution in [0.3, 0.4) is 0 Å². The van der Waals surface area contributed by atoms with Crippen LogP contribution in [0, 0.1) is 5.95 Å². The van der Waals surface area contributed by atoms with E-state index < -0.39 is 0 Å². The van der Waals surface area contributed by atoms with Crippen molar-refractivity contribution in [3.8, 4) is 0 Å². The van der Waals surface area contributed by atoms with E-state index in [4.69, 9.17) is 0 Å². The Labute approximate surface area is 81.9 Å². The molecule has 1 aromatic heterocycles. The van der Waals surface area contributed by atoms with Crippen molar-refractivity contribution in [1.29, 1.82) is 0 Å². The van der Waals surface area contributed by atoms with Crippen molar-refractivity contribution in [2.45, 2.75) is 38.0 Å². The molecular weight excluding hydrogens is 183 g/mol. The molecule has 78 valence electrons. The highest BCUT2D eigenvalue weighted by molar-refractivity contribution is 5.14. The van der Waals surface area contributed by atoms with Crippen LogP contribution in [-0.4, -0.2) is 9.78 Å². The summed E-state index contributed by atoms with van der Waals surface area (Å²) < 4.78 is 14.7. The van der Waals surface area contributed by atoms with Gasteiger partial charge in [0.2, 0.25) is 5.95 Å². The molecule has 1 fully saturated rings. The van der Waals surface area contributed by atoms with E-state index in [9.17, 15) is 9.18 Å². The van der Waals surface area contributed by atoms with Gasteiger partial charge in [-0.15, -0.1) is 0 Å². The lowest BCUT2D eigenvalue weighted by Crippen LogP contribution is -2.14. The molecule has 0 atom stereocenters. The van der Waals surface area contributed by atoms with Gasteiger partial charge in [0.1, 0.15) is 0 Å². The minimum absolute atomic E-state index is 0.133. The fourth-order valence-corrected chi connectivity index (χ4v) is 2.28. The molecule has 1 aliphatic carbocycles. The molecule has 0 spiro atoms. The van der Waals surface area contributed by atoms with Gasteiger partial charge in [0.25, 0.3) is 5.56 Å². The van der Waals surface area contributed by atoms with Crippen LogP contribution in [0.25, 0.3) is 0 Å². The number of nitrogens with zero attached hydrogens (tertiary/aromatic N) is 1. The Morgan fingerprint density at radius 1 is 1.36 bits per heavy atom. The summed E-state index contributed by atoms with van der Waals surface area (Å²) in [4.78, 5) is 11.4. The van der Waals surface area contributed by atoms with Crippen molar-refractivity contribution in [3.63, 3.8) is 0 Å². The van der Waals surface area contributed by atoms with Gasteiger partial charge in [0.15, 0.2) is 0 Å². The van der Waals surface area contributed by atoms with Crippen LogP contribution in [0.4, 0.5) is 4.39 Å². The standard InChI is InChI=1S/C10H15FN2O/c1-13-9(11)8(10(14)12-13)7-5-3-2-4-6-7/h7H,2-6H2,1H3,(H,12,14). The van der Waals surface area contributed by atoms with E-state index in [2.05, 4.69) is 5.10 Å². The Hall–Kier alpha value is -1.06. The van der Waals surface area contributed by atoms with E-state index in [1.54, 1.807) is 0 Å². The van der Waals surface area contributed by atoms with Crippen LogP contribution in [-0.2, 0) is 7.05 Å². The number of hydrogen-bond acceptors (Lipinski definition) is 1. The van der Waals surface area contributed by atoms with E-state index in [0.29, 0.717) is 5.56 Å². The highest BCUT2D eigenvalue weighted by atomic mass is 19.1. The highest BCUT2D eigenvalue weighted by Crippen LogP contribution is 2.31. The molecule has 3 nitrogen and oxygen atoms in total. The second-order valence-corrected chi connectivity index (χ2v) is 4.04. The first-order valence-electron chi connectivity index (χ1n) is 5.14. The number of hydrogen-bond donors (Lipinski definition) is 1. The monoisotopic (exact) mass is 198 g/mol. The summed E-state index contributed by atoms with van der Waals surface area (Å²) in [5, 5.41) is 2.46. The normalized spacial score (nSPS) is 18.7. The van der Waals surface area contributed by atoms with Gasteiger partial charge in [0.05, 0.1) is 5.56 Å². The first-order chi connectivity index (χ1) is 6.70. The quantitative estimate of drug-likeness (QED) is 0.735. The zero-order valence-electron chi connectivity index (χ0n) is 8.35. The Morgan fingerprint density at radius 3 is 2.50 bits per heavy atom. The summed E-state index contributed by atoms with van der Waals surface area (Å²) in [6.07, 6.45) is 5.33. The molecule has 0 aromatic carbocycles. The Kier molecular flexibility index (Phi) is 2.44. The average molecular weight is 198 g/mol. The van der Waals surface area contributed by atoms with E-state index in [1.807, 2.05) is 0 Å². The van der Waals surface area contributed by atoms with Gasteiger partial charge >= 0.3 is 0 Å². The Morgan fingerprint density at radius 2 is 2.00 bits per heavy atom. The molecule has 0 saturated heterocycles. The first-order valence-corrected chi connectivity index (χ1v) is 5.14. The molecule has 0 aliphatic heterocycles. The lowest BCUT2D eigenvalue weighted by molar-refractivity contribution is 0.417. The van der Waals surface area contributed by atoms with Crippen molar-refractivity contribution < 1.29 is 4.39 Å². The maximum atomic E-state index is 13.5. The third-order valence-corrected chi connectivity index (χ3v) is 3.04. The molecule has 0 amide bonds. The Balaban J connectivity index is 2.34. The molecular formula is C10H15FN2O. The minimum atomic E-state index is -0.387. The van der Waals surface area contributed by atoms with E-state index in [0.717, 1.165) is 25.7 Å². The SMILES string of the molecule is Cn1[nH]c(=O)c(C2CCCCC2)c1F. The van der Waals surface area contributed by atoms with E-state index in [-0.39, 0.29) is 17.4 Å². The third-order valence-electron chi connectivity index (χ3n) is 3.04. The van der Waals surface area contributed by atoms with Crippen LogP contribution < -0.4 is 5.56 Å². The summed E-state index contributed by atoms with van der Waals surface area (Å²) in [7, 11) is 1.53. The van der Waals surface area contributed by atoms with Gasteiger partial charge < -0.3 is 0 Å². The molecule has 14 heavy (non-hydrogen) atoms. The summed E-state index contributed by atoms with van der Waals surface area (Å²) in [6, 6.07) is 0. The predicted octanol–water partition coefficient (Wildman–Crippen LogP) is 1.90. The van der Waals surface area contributed by atoms with E-state index >= 15 is 0 Å². The maximum Gasteiger partial charge on any atom is 0.270 e. The van der Waals surface area contributed by atoms with Gasteiger partial charge in [-0.25, -0.2) is 0 Å². The van der Waals surface area contributed by atoms with E-state index in [1.165, 1.54) is 18.2 Å². The van der Waals surface area contributed by atoms with Crippen molar-refractivity contribution in [1.82, 2.24) is 9.78 Å². The molecule has 4 heteroatoms. The second-order valence-electron chi connectivity index (χ2n) is 4.04. The first kappa shape index (κ1) is 9.49. The molecule has 1 N–H and O–H groups in total. The zero-order valence-corrected chi connectivity index (χ0v) is 8.35. The molecule has 0 unspecified atom stereocenters. The number of H-pyrrole nitrogens is 1. The van der Waals surface area contributed by atoms with Crippen molar-refractivity contribution in [2.75, 3.05) is 0 Å². The summed E-state index contributed by atoms with van der Waals surface area (Å²) in [6.45, 7) is 0. The number of aromatic nitrogens is 2. The zero-order chi connectivity index (χ0) is 10.1. The highest BCUT2D eigenvalue weighted by Gasteiger charge is 2.24. The van der Waals surface area contributed by atoms with Crippen LogP contribution in [0.2, 0.25) is 0 Å². The molecule has 1 saturated carbocycles. The fourth-order valence-electron chi connectivity index (χ4n) is 2.28. The van der Waals surface area contributed by atoms with Crippen LogP contribution >= 0.6 is 0 Å². The number of rotatable bonds is 1. The maximum absolute atomic E-state index is 13.5. The molecule has 1 aliphatic rings. The molecule has 2 rings (SSSR count). The third kappa shape index (κ3) is 1.49. The summed E-state index contributed by atoms with van der Waals surface area (Å²) in [5.74, 6) is -0.254. The lowest BCUT2D eigenvalue weighted by Gasteiger charge is -2.19. The molecule has 1 heterocycles. The minimum Gasteiger partial charge on any atom is -0.268 e. The smallest absolute Gasteiger partial charge is 0.268 e. The van der Waals surface area contributed by atoms with Crippen LogP contribution in [0.5, 0.6) is 0 Å². The van der Waals surface area contributed by atoms with Crippen LogP contribution in [0.15, 0.2) is 4.79 Å². The summed E-state index contributed by atoms with van der Waals surface area (Å²) >= 11 is 0. The predicted molar refractivity (Wildman–Crippen MR) is 51.8 cm³/mol. The fraction of sp³-hybridized carbons (Fsp3) is 0.700. The van der Waals surface area contributed by atoms with Gasteiger partial charge in [-0.3, -0.25) is 14.6 Å². The molecule has 0 radical (unpaired) electrons. The van der Waals surface area contributed by atoms with Crippen molar-refractivity contribution in [3.05, 3.63) is 21.9 Å². The lowest BCUT2D eigenvalue weighted by atomic mass is 9.85. The molecule has 0 bridgehead atoms.